The smallest absolute Gasteiger partial charge is 0.251 e. The molecule has 2 aromatic carbocycles. The molecule has 2 aromatic rings. The molecule has 0 aromatic heterocycles. The van der Waals surface area contributed by atoms with Gasteiger partial charge in [0.15, 0.2) is 0 Å². The lowest BCUT2D eigenvalue weighted by atomic mass is 9.53. The summed E-state index contributed by atoms with van der Waals surface area (Å²) in [6.45, 7) is 2.10. The van der Waals surface area contributed by atoms with E-state index in [9.17, 15) is 4.79 Å². The Hall–Kier alpha value is -2.09. The van der Waals surface area contributed by atoms with Crippen LogP contribution in [0.2, 0.25) is 0 Å². The summed E-state index contributed by atoms with van der Waals surface area (Å²) in [6.07, 6.45) is 7.81. The van der Waals surface area contributed by atoms with Gasteiger partial charge in [-0.25, -0.2) is 0 Å². The Balaban J connectivity index is 1.32. The molecule has 26 heavy (non-hydrogen) atoms. The van der Waals surface area contributed by atoms with Crippen LogP contribution in [0.1, 0.15) is 54.4 Å². The van der Waals surface area contributed by atoms with E-state index in [-0.39, 0.29) is 11.4 Å². The van der Waals surface area contributed by atoms with Crippen molar-refractivity contribution in [1.29, 1.82) is 0 Å². The SMILES string of the molecule is Cc1ccc(-c2ccc(C(=O)NC34CC5CC(CC(C5)C3)C4)cc2)cc1. The van der Waals surface area contributed by atoms with Crippen LogP contribution in [-0.2, 0) is 0 Å². The van der Waals surface area contributed by atoms with Crippen molar-refractivity contribution in [1.82, 2.24) is 5.32 Å². The van der Waals surface area contributed by atoms with Crippen LogP contribution in [0.15, 0.2) is 48.5 Å². The van der Waals surface area contributed by atoms with Gasteiger partial charge in [0.1, 0.15) is 0 Å². The number of carbonyl (C=O) groups excluding carboxylic acids is 1. The highest BCUT2D eigenvalue weighted by Crippen LogP contribution is 2.55. The van der Waals surface area contributed by atoms with E-state index in [2.05, 4.69) is 48.6 Å². The van der Waals surface area contributed by atoms with E-state index >= 15 is 0 Å². The molecule has 0 atom stereocenters. The Morgan fingerprint density at radius 3 is 1.77 bits per heavy atom. The highest BCUT2D eigenvalue weighted by atomic mass is 16.1. The fourth-order valence-corrected chi connectivity index (χ4v) is 6.14. The molecule has 2 nitrogen and oxygen atoms in total. The molecule has 4 aliphatic rings. The summed E-state index contributed by atoms with van der Waals surface area (Å²) in [6, 6.07) is 16.6. The molecular formula is C24H27NO. The molecule has 4 saturated carbocycles. The molecule has 0 saturated heterocycles. The predicted octanol–water partition coefficient (Wildman–Crippen LogP) is 5.36. The van der Waals surface area contributed by atoms with Crippen molar-refractivity contribution in [3.63, 3.8) is 0 Å². The second-order valence-corrected chi connectivity index (χ2v) is 9.10. The first-order valence-corrected chi connectivity index (χ1v) is 10.1. The van der Waals surface area contributed by atoms with Gasteiger partial charge in [-0.05, 0) is 86.5 Å². The second kappa shape index (κ2) is 5.97. The molecule has 1 amide bonds. The molecular weight excluding hydrogens is 318 g/mol. The van der Waals surface area contributed by atoms with E-state index in [0.717, 1.165) is 28.9 Å². The van der Waals surface area contributed by atoms with Crippen LogP contribution >= 0.6 is 0 Å². The molecule has 1 N–H and O–H groups in total. The van der Waals surface area contributed by atoms with Crippen LogP contribution in [-0.4, -0.2) is 11.4 Å². The molecule has 0 unspecified atom stereocenters. The molecule has 134 valence electrons. The van der Waals surface area contributed by atoms with Crippen molar-refractivity contribution >= 4 is 5.91 Å². The normalized spacial score (nSPS) is 31.8. The predicted molar refractivity (Wildman–Crippen MR) is 105 cm³/mol. The van der Waals surface area contributed by atoms with E-state index in [0.29, 0.717) is 0 Å². The zero-order valence-electron chi connectivity index (χ0n) is 15.5. The lowest BCUT2D eigenvalue weighted by Crippen LogP contribution is -2.59. The van der Waals surface area contributed by atoms with Crippen LogP contribution in [0.5, 0.6) is 0 Å². The summed E-state index contributed by atoms with van der Waals surface area (Å²) in [5.74, 6) is 2.67. The minimum atomic E-state index is 0.0848. The third-order valence-corrected chi connectivity index (χ3v) is 6.95. The number of hydrogen-bond acceptors (Lipinski definition) is 1. The first kappa shape index (κ1) is 16.1. The number of nitrogens with one attached hydrogen (secondary N) is 1. The summed E-state index contributed by atoms with van der Waals surface area (Å²) in [5, 5.41) is 3.47. The molecule has 4 fully saturated rings. The van der Waals surface area contributed by atoms with Crippen molar-refractivity contribution < 1.29 is 4.79 Å². The number of rotatable bonds is 3. The first-order chi connectivity index (χ1) is 12.6. The van der Waals surface area contributed by atoms with Crippen molar-refractivity contribution in [2.45, 2.75) is 51.0 Å². The maximum absolute atomic E-state index is 12.9. The van der Waals surface area contributed by atoms with E-state index in [4.69, 9.17) is 0 Å². The fraction of sp³-hybridized carbons (Fsp3) is 0.458. The minimum Gasteiger partial charge on any atom is -0.347 e. The number of carbonyl (C=O) groups is 1. The Labute approximate surface area is 156 Å². The van der Waals surface area contributed by atoms with Gasteiger partial charge in [0.25, 0.3) is 5.91 Å². The van der Waals surface area contributed by atoms with Crippen LogP contribution in [0, 0.1) is 24.7 Å². The summed E-state index contributed by atoms with van der Waals surface area (Å²) in [4.78, 5) is 12.9. The van der Waals surface area contributed by atoms with Gasteiger partial charge >= 0.3 is 0 Å². The molecule has 0 aliphatic heterocycles. The second-order valence-electron chi connectivity index (χ2n) is 9.10. The summed E-state index contributed by atoms with van der Waals surface area (Å²) in [5.41, 5.74) is 4.50. The van der Waals surface area contributed by atoms with Crippen LogP contribution in [0.3, 0.4) is 0 Å². The Bertz CT molecular complexity index is 783. The lowest BCUT2D eigenvalue weighted by Gasteiger charge is -2.56. The van der Waals surface area contributed by atoms with Crippen molar-refractivity contribution in [3.8, 4) is 11.1 Å². The van der Waals surface area contributed by atoms with Crippen LogP contribution in [0.25, 0.3) is 11.1 Å². The van der Waals surface area contributed by atoms with Gasteiger partial charge in [-0.3, -0.25) is 4.79 Å². The van der Waals surface area contributed by atoms with E-state index in [1.807, 2.05) is 12.1 Å². The molecule has 0 radical (unpaired) electrons. The number of benzene rings is 2. The molecule has 4 aliphatic carbocycles. The Kier molecular flexibility index (Phi) is 3.70. The minimum absolute atomic E-state index is 0.0848. The van der Waals surface area contributed by atoms with E-state index in [1.54, 1.807) is 0 Å². The molecule has 4 bridgehead atoms. The third kappa shape index (κ3) is 2.86. The molecule has 0 heterocycles. The zero-order chi connectivity index (χ0) is 17.7. The van der Waals surface area contributed by atoms with Crippen LogP contribution < -0.4 is 5.32 Å². The first-order valence-electron chi connectivity index (χ1n) is 10.1. The number of aryl methyl sites for hydroxylation is 1. The Morgan fingerprint density at radius 2 is 1.27 bits per heavy atom. The topological polar surface area (TPSA) is 29.1 Å². The fourth-order valence-electron chi connectivity index (χ4n) is 6.14. The van der Waals surface area contributed by atoms with Crippen molar-refractivity contribution in [2.75, 3.05) is 0 Å². The highest BCUT2D eigenvalue weighted by Gasteiger charge is 2.51. The number of amides is 1. The number of hydrogen-bond donors (Lipinski definition) is 1. The van der Waals surface area contributed by atoms with Gasteiger partial charge in [-0.15, -0.1) is 0 Å². The Morgan fingerprint density at radius 1 is 0.808 bits per heavy atom. The van der Waals surface area contributed by atoms with Crippen molar-refractivity contribution in [3.05, 3.63) is 59.7 Å². The molecule has 2 heteroatoms. The van der Waals surface area contributed by atoms with Crippen molar-refractivity contribution in [2.24, 2.45) is 17.8 Å². The van der Waals surface area contributed by atoms with E-state index < -0.39 is 0 Å². The average molecular weight is 345 g/mol. The van der Waals surface area contributed by atoms with Gasteiger partial charge < -0.3 is 5.32 Å². The van der Waals surface area contributed by atoms with Gasteiger partial charge in [0, 0.05) is 11.1 Å². The molecule has 0 spiro atoms. The summed E-state index contributed by atoms with van der Waals surface area (Å²) >= 11 is 0. The maximum Gasteiger partial charge on any atom is 0.251 e. The summed E-state index contributed by atoms with van der Waals surface area (Å²) in [7, 11) is 0. The standard InChI is InChI=1S/C24H27NO/c1-16-2-4-20(5-3-16)21-6-8-22(9-7-21)23(26)25-24-13-17-10-18(14-24)12-19(11-17)15-24/h2-9,17-19H,10-15H2,1H3,(H,25,26). The quantitative estimate of drug-likeness (QED) is 0.797. The highest BCUT2D eigenvalue weighted by molar-refractivity contribution is 5.95. The zero-order valence-corrected chi connectivity index (χ0v) is 15.5. The monoisotopic (exact) mass is 345 g/mol. The third-order valence-electron chi connectivity index (χ3n) is 6.95. The van der Waals surface area contributed by atoms with Gasteiger partial charge in [-0.1, -0.05) is 42.0 Å². The van der Waals surface area contributed by atoms with Crippen LogP contribution in [0.4, 0.5) is 0 Å². The average Bonchev–Trinajstić information content (AvgIpc) is 2.61. The lowest BCUT2D eigenvalue weighted by molar-refractivity contribution is -0.0167. The maximum atomic E-state index is 12.9. The summed E-state index contributed by atoms with van der Waals surface area (Å²) < 4.78 is 0. The van der Waals surface area contributed by atoms with Gasteiger partial charge in [0.05, 0.1) is 0 Å². The van der Waals surface area contributed by atoms with E-state index in [1.165, 1.54) is 49.7 Å². The largest absolute Gasteiger partial charge is 0.347 e. The van der Waals surface area contributed by atoms with Gasteiger partial charge in [0.2, 0.25) is 0 Å². The van der Waals surface area contributed by atoms with Gasteiger partial charge in [-0.2, -0.15) is 0 Å². The molecule has 6 rings (SSSR count).